The van der Waals surface area contributed by atoms with Gasteiger partial charge in [-0.1, -0.05) is 30.7 Å². The number of nitrogens with zero attached hydrogens (tertiary/aromatic N) is 1. The molecule has 0 saturated carbocycles. The highest BCUT2D eigenvalue weighted by molar-refractivity contribution is 6.30. The van der Waals surface area contributed by atoms with Crippen LogP contribution in [0.2, 0.25) is 5.02 Å². The molecule has 1 aromatic carbocycles. The van der Waals surface area contributed by atoms with Gasteiger partial charge in [-0.15, -0.1) is 0 Å². The number of hydrogen-bond acceptors (Lipinski definition) is 4. The first kappa shape index (κ1) is 20.0. The molecular weight excluding hydrogens is 354 g/mol. The average molecular weight is 378 g/mol. The molecular formula is C20H24ClNO4. The van der Waals surface area contributed by atoms with Crippen LogP contribution in [0, 0.1) is 5.92 Å². The van der Waals surface area contributed by atoms with Crippen LogP contribution in [0.4, 0.5) is 0 Å². The molecule has 1 unspecified atom stereocenters. The van der Waals surface area contributed by atoms with E-state index in [1.807, 2.05) is 30.3 Å². The summed E-state index contributed by atoms with van der Waals surface area (Å²) in [5.74, 6) is -0.0437. The number of carbonyl (C=O) groups excluding carboxylic acids is 2. The van der Waals surface area contributed by atoms with Gasteiger partial charge in [0.15, 0.2) is 0 Å². The molecule has 0 saturated heterocycles. The second kappa shape index (κ2) is 10.0. The standard InChI is InChI=1S/C20H24ClNO4/c1-15(20(24)25-2)13-22(14-18-6-4-12-26-18)19(23)7-3-5-16-8-10-17(21)11-9-16/h4,6,8-12,15H,3,5,7,13-14H2,1-2H3. The van der Waals surface area contributed by atoms with Crippen molar-refractivity contribution in [2.24, 2.45) is 5.92 Å². The van der Waals surface area contributed by atoms with Gasteiger partial charge in [0.1, 0.15) is 5.76 Å². The quantitative estimate of drug-likeness (QED) is 0.617. The number of esters is 1. The predicted octanol–water partition coefficient (Wildman–Crippen LogP) is 4.09. The SMILES string of the molecule is COC(=O)C(C)CN(Cc1ccco1)C(=O)CCCc1ccc(Cl)cc1. The van der Waals surface area contributed by atoms with E-state index in [1.54, 1.807) is 24.2 Å². The highest BCUT2D eigenvalue weighted by Gasteiger charge is 2.22. The Kier molecular flexibility index (Phi) is 7.73. The fraction of sp³-hybridized carbons (Fsp3) is 0.400. The van der Waals surface area contributed by atoms with E-state index in [4.69, 9.17) is 20.8 Å². The zero-order valence-electron chi connectivity index (χ0n) is 15.1. The number of halogens is 1. The minimum Gasteiger partial charge on any atom is -0.469 e. The van der Waals surface area contributed by atoms with Gasteiger partial charge in [-0.25, -0.2) is 0 Å². The van der Waals surface area contributed by atoms with Gasteiger partial charge in [0.25, 0.3) is 0 Å². The van der Waals surface area contributed by atoms with Crippen LogP contribution in [0.1, 0.15) is 31.1 Å². The molecule has 0 N–H and O–H groups in total. The zero-order chi connectivity index (χ0) is 18.9. The van der Waals surface area contributed by atoms with Crippen LogP contribution in [0.25, 0.3) is 0 Å². The molecule has 2 aromatic rings. The van der Waals surface area contributed by atoms with Gasteiger partial charge < -0.3 is 14.1 Å². The topological polar surface area (TPSA) is 59.8 Å². The average Bonchev–Trinajstić information content (AvgIpc) is 3.15. The Hall–Kier alpha value is -2.27. The van der Waals surface area contributed by atoms with Crippen molar-refractivity contribution >= 4 is 23.5 Å². The Morgan fingerprint density at radius 1 is 1.23 bits per heavy atom. The molecule has 2 rings (SSSR count). The van der Waals surface area contributed by atoms with Crippen molar-refractivity contribution in [1.82, 2.24) is 4.90 Å². The van der Waals surface area contributed by atoms with E-state index in [1.165, 1.54) is 7.11 Å². The maximum absolute atomic E-state index is 12.7. The largest absolute Gasteiger partial charge is 0.469 e. The number of amides is 1. The maximum Gasteiger partial charge on any atom is 0.310 e. The highest BCUT2D eigenvalue weighted by Crippen LogP contribution is 2.14. The number of ether oxygens (including phenoxy) is 1. The van der Waals surface area contributed by atoms with Gasteiger partial charge in [-0.2, -0.15) is 0 Å². The molecule has 0 fully saturated rings. The van der Waals surface area contributed by atoms with Crippen LogP contribution in [0.5, 0.6) is 0 Å². The number of carbonyl (C=O) groups is 2. The van der Waals surface area contributed by atoms with Gasteiger partial charge >= 0.3 is 5.97 Å². The van der Waals surface area contributed by atoms with Crippen LogP contribution in [-0.2, 0) is 27.3 Å². The summed E-state index contributed by atoms with van der Waals surface area (Å²) < 4.78 is 10.1. The summed E-state index contributed by atoms with van der Waals surface area (Å²) in [6.07, 6.45) is 3.49. The fourth-order valence-electron chi connectivity index (χ4n) is 2.70. The Balaban J connectivity index is 1.92. The minimum atomic E-state index is -0.393. The first-order valence-electron chi connectivity index (χ1n) is 8.62. The number of methoxy groups -OCH3 is 1. The van der Waals surface area contributed by atoms with Gasteiger partial charge in [0, 0.05) is 18.0 Å². The van der Waals surface area contributed by atoms with Crippen molar-refractivity contribution < 1.29 is 18.7 Å². The number of hydrogen-bond donors (Lipinski definition) is 0. The molecule has 0 aliphatic carbocycles. The third-order valence-corrected chi connectivity index (χ3v) is 4.40. The summed E-state index contributed by atoms with van der Waals surface area (Å²) in [4.78, 5) is 26.0. The fourth-order valence-corrected chi connectivity index (χ4v) is 2.83. The summed E-state index contributed by atoms with van der Waals surface area (Å²) in [7, 11) is 1.35. The van der Waals surface area contributed by atoms with E-state index >= 15 is 0 Å². The molecule has 1 aromatic heterocycles. The summed E-state index contributed by atoms with van der Waals surface area (Å²) >= 11 is 5.88. The summed E-state index contributed by atoms with van der Waals surface area (Å²) in [5, 5.41) is 0.700. The Labute approximate surface area is 158 Å². The zero-order valence-corrected chi connectivity index (χ0v) is 15.9. The molecule has 0 spiro atoms. The molecule has 6 heteroatoms. The van der Waals surface area contributed by atoms with Crippen molar-refractivity contribution in [3.8, 4) is 0 Å². The molecule has 0 aliphatic rings. The van der Waals surface area contributed by atoms with Crippen LogP contribution in [0.15, 0.2) is 47.1 Å². The smallest absolute Gasteiger partial charge is 0.310 e. The minimum absolute atomic E-state index is 0.00823. The van der Waals surface area contributed by atoms with Crippen molar-refractivity contribution in [1.29, 1.82) is 0 Å². The van der Waals surface area contributed by atoms with Crippen LogP contribution < -0.4 is 0 Å². The number of furan rings is 1. The molecule has 140 valence electrons. The van der Waals surface area contributed by atoms with E-state index in [0.29, 0.717) is 30.3 Å². The van der Waals surface area contributed by atoms with Gasteiger partial charge in [-0.3, -0.25) is 9.59 Å². The third-order valence-electron chi connectivity index (χ3n) is 4.15. The van der Waals surface area contributed by atoms with Crippen molar-refractivity contribution in [2.75, 3.05) is 13.7 Å². The van der Waals surface area contributed by atoms with Gasteiger partial charge in [0.05, 0.1) is 25.8 Å². The van der Waals surface area contributed by atoms with Crippen LogP contribution in [0.3, 0.4) is 0 Å². The molecule has 26 heavy (non-hydrogen) atoms. The Morgan fingerprint density at radius 2 is 1.96 bits per heavy atom. The third kappa shape index (κ3) is 6.23. The number of rotatable bonds is 9. The van der Waals surface area contributed by atoms with E-state index in [0.717, 1.165) is 18.4 Å². The molecule has 0 bridgehead atoms. The molecule has 0 aliphatic heterocycles. The molecule has 0 radical (unpaired) electrons. The normalized spacial score (nSPS) is 11.8. The molecule has 1 heterocycles. The van der Waals surface area contributed by atoms with Gasteiger partial charge in [-0.05, 0) is 42.7 Å². The lowest BCUT2D eigenvalue weighted by atomic mass is 10.1. The van der Waals surface area contributed by atoms with E-state index in [9.17, 15) is 9.59 Å². The van der Waals surface area contributed by atoms with Crippen LogP contribution in [-0.4, -0.2) is 30.4 Å². The van der Waals surface area contributed by atoms with Crippen molar-refractivity contribution in [2.45, 2.75) is 32.7 Å². The highest BCUT2D eigenvalue weighted by atomic mass is 35.5. The first-order valence-corrected chi connectivity index (χ1v) is 9.00. The lowest BCUT2D eigenvalue weighted by Gasteiger charge is -2.24. The van der Waals surface area contributed by atoms with Crippen molar-refractivity contribution in [3.05, 3.63) is 59.0 Å². The first-order chi connectivity index (χ1) is 12.5. The van der Waals surface area contributed by atoms with Crippen LogP contribution >= 0.6 is 11.6 Å². The Morgan fingerprint density at radius 3 is 2.58 bits per heavy atom. The summed E-state index contributed by atoms with van der Waals surface area (Å²) in [6.45, 7) is 2.39. The molecule has 1 amide bonds. The summed E-state index contributed by atoms with van der Waals surface area (Å²) in [5.41, 5.74) is 1.14. The number of benzene rings is 1. The van der Waals surface area contributed by atoms with Gasteiger partial charge in [0.2, 0.25) is 5.91 Å². The lowest BCUT2D eigenvalue weighted by molar-refractivity contribution is -0.146. The van der Waals surface area contributed by atoms with E-state index in [-0.39, 0.29) is 11.9 Å². The predicted molar refractivity (Wildman–Crippen MR) is 99.7 cm³/mol. The van der Waals surface area contributed by atoms with Crippen molar-refractivity contribution in [3.63, 3.8) is 0 Å². The lowest BCUT2D eigenvalue weighted by Crippen LogP contribution is -2.36. The second-order valence-corrected chi connectivity index (χ2v) is 6.69. The monoisotopic (exact) mass is 377 g/mol. The van der Waals surface area contributed by atoms with E-state index in [2.05, 4.69) is 0 Å². The second-order valence-electron chi connectivity index (χ2n) is 6.26. The molecule has 1 atom stereocenters. The maximum atomic E-state index is 12.7. The van der Waals surface area contributed by atoms with E-state index < -0.39 is 5.92 Å². The summed E-state index contributed by atoms with van der Waals surface area (Å²) in [6, 6.07) is 11.2. The number of aryl methyl sites for hydroxylation is 1. The Bertz CT molecular complexity index is 697. The molecule has 5 nitrogen and oxygen atoms in total.